The quantitative estimate of drug-likeness (QED) is 0.690. The Hall–Kier alpha value is -2.99. The van der Waals surface area contributed by atoms with Crippen molar-refractivity contribution in [2.75, 3.05) is 7.11 Å². The third-order valence-corrected chi connectivity index (χ3v) is 4.15. The number of ketones is 1. The Kier molecular flexibility index (Phi) is 5.14. The minimum Gasteiger partial charge on any atom is -0.481 e. The fourth-order valence-electron chi connectivity index (χ4n) is 2.63. The van der Waals surface area contributed by atoms with E-state index in [9.17, 15) is 4.79 Å². The SMILES string of the molecule is COc1ccc(-n2nc(C(=O)C(C)C)cc2-c2ccc(CN)cc2)cn1. The van der Waals surface area contributed by atoms with Gasteiger partial charge in [-0.2, -0.15) is 5.10 Å². The number of pyridine rings is 1. The summed E-state index contributed by atoms with van der Waals surface area (Å²) in [7, 11) is 1.57. The minimum atomic E-state index is -0.125. The second-order valence-electron chi connectivity index (χ2n) is 6.31. The zero-order valence-corrected chi connectivity index (χ0v) is 15.1. The number of carbonyl (C=O) groups excluding carboxylic acids is 1. The number of aromatic nitrogens is 3. The van der Waals surface area contributed by atoms with Gasteiger partial charge in [0.1, 0.15) is 5.69 Å². The van der Waals surface area contributed by atoms with Gasteiger partial charge in [-0.3, -0.25) is 4.79 Å². The average molecular weight is 350 g/mol. The van der Waals surface area contributed by atoms with E-state index < -0.39 is 0 Å². The van der Waals surface area contributed by atoms with Crippen LogP contribution in [0, 0.1) is 5.92 Å². The highest BCUT2D eigenvalue weighted by molar-refractivity contribution is 5.96. The summed E-state index contributed by atoms with van der Waals surface area (Å²) in [5.74, 6) is 0.401. The van der Waals surface area contributed by atoms with Crippen molar-refractivity contribution in [2.24, 2.45) is 11.7 Å². The van der Waals surface area contributed by atoms with E-state index in [1.807, 2.05) is 50.2 Å². The standard InChI is InChI=1S/C20H22N4O2/c1-13(2)20(25)17-10-18(15-6-4-14(11-21)5-7-15)24(23-17)16-8-9-19(26-3)22-12-16/h4-10,12-13H,11,21H2,1-3H3. The normalized spacial score (nSPS) is 11.0. The molecule has 26 heavy (non-hydrogen) atoms. The third kappa shape index (κ3) is 3.50. The van der Waals surface area contributed by atoms with E-state index in [1.54, 1.807) is 24.1 Å². The Morgan fingerprint density at radius 3 is 2.46 bits per heavy atom. The Morgan fingerprint density at radius 1 is 1.19 bits per heavy atom. The van der Waals surface area contributed by atoms with Crippen LogP contribution in [0.15, 0.2) is 48.7 Å². The van der Waals surface area contributed by atoms with Crippen molar-refractivity contribution >= 4 is 5.78 Å². The number of nitrogens with zero attached hydrogens (tertiary/aromatic N) is 3. The van der Waals surface area contributed by atoms with Crippen molar-refractivity contribution in [3.8, 4) is 22.8 Å². The first-order valence-electron chi connectivity index (χ1n) is 8.47. The van der Waals surface area contributed by atoms with Crippen molar-refractivity contribution in [2.45, 2.75) is 20.4 Å². The molecule has 0 spiro atoms. The van der Waals surface area contributed by atoms with Crippen molar-refractivity contribution in [1.82, 2.24) is 14.8 Å². The molecule has 0 saturated heterocycles. The summed E-state index contributed by atoms with van der Waals surface area (Å²) in [4.78, 5) is 16.7. The molecule has 1 aromatic carbocycles. The van der Waals surface area contributed by atoms with Crippen LogP contribution >= 0.6 is 0 Å². The van der Waals surface area contributed by atoms with Crippen LogP contribution in [-0.2, 0) is 6.54 Å². The Bertz CT molecular complexity index is 832. The molecule has 2 aromatic heterocycles. The van der Waals surface area contributed by atoms with Gasteiger partial charge in [-0.05, 0) is 17.7 Å². The Balaban J connectivity index is 2.11. The molecule has 3 aromatic rings. The smallest absolute Gasteiger partial charge is 0.213 e. The monoisotopic (exact) mass is 350 g/mol. The number of ether oxygens (including phenoxy) is 1. The molecule has 0 fully saturated rings. The minimum absolute atomic E-state index is 0.00468. The van der Waals surface area contributed by atoms with E-state index in [-0.39, 0.29) is 11.7 Å². The van der Waals surface area contributed by atoms with E-state index >= 15 is 0 Å². The summed E-state index contributed by atoms with van der Waals surface area (Å²) in [5.41, 5.74) is 9.70. The number of rotatable bonds is 6. The van der Waals surface area contributed by atoms with Crippen molar-refractivity contribution < 1.29 is 9.53 Å². The van der Waals surface area contributed by atoms with E-state index in [0.29, 0.717) is 18.1 Å². The van der Waals surface area contributed by atoms with Gasteiger partial charge in [0.15, 0.2) is 5.78 Å². The van der Waals surface area contributed by atoms with Gasteiger partial charge in [0.2, 0.25) is 5.88 Å². The van der Waals surface area contributed by atoms with Gasteiger partial charge in [0.25, 0.3) is 0 Å². The molecule has 0 atom stereocenters. The lowest BCUT2D eigenvalue weighted by molar-refractivity contribution is 0.0934. The Morgan fingerprint density at radius 2 is 1.92 bits per heavy atom. The first-order valence-corrected chi connectivity index (χ1v) is 8.47. The molecular weight excluding hydrogens is 328 g/mol. The van der Waals surface area contributed by atoms with Crippen LogP contribution in [0.5, 0.6) is 5.88 Å². The molecule has 0 saturated carbocycles. The molecule has 6 nitrogen and oxygen atoms in total. The second kappa shape index (κ2) is 7.49. The maximum atomic E-state index is 12.4. The van der Waals surface area contributed by atoms with Crippen molar-refractivity contribution in [3.05, 3.63) is 59.9 Å². The van der Waals surface area contributed by atoms with E-state index in [1.165, 1.54) is 0 Å². The lowest BCUT2D eigenvalue weighted by atomic mass is 10.0. The number of hydrogen-bond donors (Lipinski definition) is 1. The summed E-state index contributed by atoms with van der Waals surface area (Å²) in [6.07, 6.45) is 1.67. The molecule has 3 rings (SSSR count). The van der Waals surface area contributed by atoms with Crippen molar-refractivity contribution in [3.63, 3.8) is 0 Å². The molecule has 2 heterocycles. The highest BCUT2D eigenvalue weighted by atomic mass is 16.5. The molecule has 0 aliphatic heterocycles. The second-order valence-corrected chi connectivity index (χ2v) is 6.31. The molecule has 0 aliphatic carbocycles. The van der Waals surface area contributed by atoms with Crippen LogP contribution in [0.1, 0.15) is 29.9 Å². The molecule has 0 unspecified atom stereocenters. The van der Waals surface area contributed by atoms with Crippen LogP contribution in [0.4, 0.5) is 0 Å². The molecule has 0 bridgehead atoms. The highest BCUT2D eigenvalue weighted by Gasteiger charge is 2.19. The maximum absolute atomic E-state index is 12.4. The molecule has 6 heteroatoms. The van der Waals surface area contributed by atoms with Crippen LogP contribution in [-0.4, -0.2) is 27.7 Å². The van der Waals surface area contributed by atoms with E-state index in [2.05, 4.69) is 10.1 Å². The number of carbonyl (C=O) groups is 1. The van der Waals surface area contributed by atoms with Gasteiger partial charge < -0.3 is 10.5 Å². The van der Waals surface area contributed by atoms with E-state index in [0.717, 1.165) is 22.5 Å². The van der Waals surface area contributed by atoms with Gasteiger partial charge >= 0.3 is 0 Å². The largest absolute Gasteiger partial charge is 0.481 e. The van der Waals surface area contributed by atoms with E-state index in [4.69, 9.17) is 10.5 Å². The van der Waals surface area contributed by atoms with Gasteiger partial charge in [-0.1, -0.05) is 38.1 Å². The highest BCUT2D eigenvalue weighted by Crippen LogP contribution is 2.26. The first kappa shape index (κ1) is 17.8. The van der Waals surface area contributed by atoms with Gasteiger partial charge in [0, 0.05) is 24.1 Å². The topological polar surface area (TPSA) is 83.0 Å². The summed E-state index contributed by atoms with van der Waals surface area (Å²) in [6, 6.07) is 13.4. The lowest BCUT2D eigenvalue weighted by Crippen LogP contribution is -2.09. The fourth-order valence-corrected chi connectivity index (χ4v) is 2.63. The van der Waals surface area contributed by atoms with Crippen LogP contribution < -0.4 is 10.5 Å². The average Bonchev–Trinajstić information content (AvgIpc) is 3.12. The van der Waals surface area contributed by atoms with Gasteiger partial charge in [-0.25, -0.2) is 9.67 Å². The third-order valence-electron chi connectivity index (χ3n) is 4.15. The zero-order chi connectivity index (χ0) is 18.7. The first-order chi connectivity index (χ1) is 12.5. The number of nitrogens with two attached hydrogens (primary N) is 1. The summed E-state index contributed by atoms with van der Waals surface area (Å²) in [6.45, 7) is 4.22. The molecule has 2 N–H and O–H groups in total. The number of methoxy groups -OCH3 is 1. The molecule has 0 aliphatic rings. The van der Waals surface area contributed by atoms with Crippen molar-refractivity contribution in [1.29, 1.82) is 0 Å². The summed E-state index contributed by atoms with van der Waals surface area (Å²) in [5, 5.41) is 4.54. The zero-order valence-electron chi connectivity index (χ0n) is 15.1. The van der Waals surface area contributed by atoms with Gasteiger partial charge in [-0.15, -0.1) is 0 Å². The molecule has 0 radical (unpaired) electrons. The van der Waals surface area contributed by atoms with Crippen LogP contribution in [0.25, 0.3) is 16.9 Å². The number of benzene rings is 1. The maximum Gasteiger partial charge on any atom is 0.213 e. The predicted octanol–water partition coefficient (Wildman–Crippen LogP) is 3.24. The number of Topliss-reactive ketones (excluding diaryl/α,β-unsaturated/α-hetero) is 1. The van der Waals surface area contributed by atoms with Gasteiger partial charge in [0.05, 0.1) is 24.7 Å². The predicted molar refractivity (Wildman–Crippen MR) is 100 cm³/mol. The number of hydrogen-bond acceptors (Lipinski definition) is 5. The Labute approximate surface area is 152 Å². The lowest BCUT2D eigenvalue weighted by Gasteiger charge is -2.08. The van der Waals surface area contributed by atoms with Crippen LogP contribution in [0.3, 0.4) is 0 Å². The molecular formula is C20H22N4O2. The summed E-state index contributed by atoms with van der Waals surface area (Å²) >= 11 is 0. The molecule has 0 amide bonds. The van der Waals surface area contributed by atoms with Crippen LogP contribution in [0.2, 0.25) is 0 Å². The summed E-state index contributed by atoms with van der Waals surface area (Å²) < 4.78 is 6.85. The fraction of sp³-hybridized carbons (Fsp3) is 0.250. The molecule has 134 valence electrons.